The molecule has 0 spiro atoms. The fraction of sp³-hybridized carbons (Fsp3) is 0.259. The number of hydrogen-bond acceptors (Lipinski definition) is 2. The van der Waals surface area contributed by atoms with Crippen LogP contribution in [0.15, 0.2) is 140 Å². The summed E-state index contributed by atoms with van der Waals surface area (Å²) in [5, 5.41) is 0. The fourth-order valence-corrected chi connectivity index (χ4v) is 8.40. The average Bonchev–Trinajstić information content (AvgIpc) is 3.23. The Bertz CT molecular complexity index is 2410. The average molecular weight is 921 g/mol. The Morgan fingerprint density at radius 3 is 1.95 bits per heavy atom. The Labute approximate surface area is 354 Å². The molecule has 8 rings (SSSR count). The van der Waals surface area contributed by atoms with Gasteiger partial charge in [0.25, 0.3) is 0 Å². The second-order valence-electron chi connectivity index (χ2n) is 17.2. The van der Waals surface area contributed by atoms with Gasteiger partial charge in [0.15, 0.2) is 0 Å². The summed E-state index contributed by atoms with van der Waals surface area (Å²) in [5.74, 6) is 0. The van der Waals surface area contributed by atoms with Crippen LogP contribution >= 0.6 is 0 Å². The maximum Gasteiger partial charge on any atom is 0.0198 e. The van der Waals surface area contributed by atoms with Crippen LogP contribution in [0.25, 0.3) is 55.9 Å². The van der Waals surface area contributed by atoms with Gasteiger partial charge in [-0.3, -0.25) is 0 Å². The van der Waals surface area contributed by atoms with Crippen molar-refractivity contribution in [1.29, 1.82) is 0 Å². The number of pyridine rings is 2. The zero-order valence-electron chi connectivity index (χ0n) is 34.0. The second-order valence-corrected chi connectivity index (χ2v) is 17.2. The van der Waals surface area contributed by atoms with Crippen molar-refractivity contribution in [2.75, 3.05) is 0 Å². The van der Waals surface area contributed by atoms with Gasteiger partial charge in [0.05, 0.1) is 0 Å². The standard InChI is InChI=1S/C54H52N2.Ir/c1-38-33-40(14-13-39-15-17-43(18-16-39)51-28-27-48(37-56-51)53(2,3)4)35-46(34-38)50-12-8-7-11-49(50)42-19-21-44(22-20-42)52-36-45(29-32-55-52)41-23-25-47(26-24-41)54(5)30-9-6-10-31-54;/h7-8,11-12,15-17,19-21,23-29,32-37H,6,9-10,13-14,30-31H2,1-5H3;/q-2;. The van der Waals surface area contributed by atoms with Crippen molar-refractivity contribution < 1.29 is 20.1 Å². The molecule has 0 aliphatic heterocycles. The van der Waals surface area contributed by atoms with E-state index in [2.05, 4.69) is 174 Å². The SMILES string of the molecule is Cc1cc(CCc2c[c-]c(-c3ccc(C(C)(C)C)cn3)cc2)cc(-c2ccccc2-c2c[c-]c(-c3cc(-c4ccc(C5(C)CCCCC5)cc4)ccn3)cc2)c1.[Ir]. The molecule has 2 nitrogen and oxygen atoms in total. The largest absolute Gasteiger partial charge is 0.305 e. The number of aromatic nitrogens is 2. The van der Waals surface area contributed by atoms with Crippen molar-refractivity contribution in [2.24, 2.45) is 0 Å². The molecule has 0 atom stereocenters. The van der Waals surface area contributed by atoms with Gasteiger partial charge in [-0.1, -0.05) is 155 Å². The van der Waals surface area contributed by atoms with Crippen molar-refractivity contribution in [1.82, 2.24) is 9.97 Å². The van der Waals surface area contributed by atoms with E-state index in [1.54, 1.807) is 0 Å². The molecule has 0 bridgehead atoms. The van der Waals surface area contributed by atoms with Crippen LogP contribution in [0.4, 0.5) is 0 Å². The van der Waals surface area contributed by atoms with Gasteiger partial charge < -0.3 is 9.97 Å². The number of benzene rings is 5. The van der Waals surface area contributed by atoms with Gasteiger partial charge in [-0.25, -0.2) is 0 Å². The van der Waals surface area contributed by atoms with Crippen LogP contribution in [0.2, 0.25) is 0 Å². The minimum atomic E-state index is 0. The smallest absolute Gasteiger partial charge is 0.0198 e. The molecule has 2 heterocycles. The van der Waals surface area contributed by atoms with Crippen LogP contribution in [0.1, 0.15) is 87.6 Å². The zero-order chi connectivity index (χ0) is 38.7. The van der Waals surface area contributed by atoms with E-state index in [4.69, 9.17) is 9.97 Å². The molecule has 1 radical (unpaired) electrons. The minimum Gasteiger partial charge on any atom is -0.305 e. The maximum atomic E-state index is 4.76. The van der Waals surface area contributed by atoms with Crippen LogP contribution in [-0.2, 0) is 43.8 Å². The molecule has 0 amide bonds. The predicted molar refractivity (Wildman–Crippen MR) is 235 cm³/mol. The predicted octanol–water partition coefficient (Wildman–Crippen LogP) is 14.0. The Hall–Kier alpha value is -4.95. The molecular weight excluding hydrogens is 869 g/mol. The Morgan fingerprint density at radius 2 is 1.28 bits per heavy atom. The number of hydrogen-bond donors (Lipinski definition) is 0. The summed E-state index contributed by atoms with van der Waals surface area (Å²) < 4.78 is 0. The Kier molecular flexibility index (Phi) is 12.2. The van der Waals surface area contributed by atoms with Gasteiger partial charge in [0.1, 0.15) is 0 Å². The van der Waals surface area contributed by atoms with Crippen molar-refractivity contribution in [3.8, 4) is 55.9 Å². The van der Waals surface area contributed by atoms with E-state index in [9.17, 15) is 0 Å². The monoisotopic (exact) mass is 921 g/mol. The summed E-state index contributed by atoms with van der Waals surface area (Å²) in [7, 11) is 0. The van der Waals surface area contributed by atoms with Gasteiger partial charge in [0, 0.05) is 32.5 Å². The zero-order valence-corrected chi connectivity index (χ0v) is 36.4. The van der Waals surface area contributed by atoms with E-state index in [-0.39, 0.29) is 25.5 Å². The molecule has 0 N–H and O–H groups in total. The summed E-state index contributed by atoms with van der Waals surface area (Å²) >= 11 is 0. The second kappa shape index (κ2) is 17.3. The molecule has 0 unspecified atom stereocenters. The van der Waals surface area contributed by atoms with Crippen LogP contribution in [-0.4, -0.2) is 9.97 Å². The van der Waals surface area contributed by atoms with Crippen LogP contribution < -0.4 is 0 Å². The first-order valence-corrected chi connectivity index (χ1v) is 20.4. The van der Waals surface area contributed by atoms with Crippen molar-refractivity contribution in [2.45, 2.75) is 90.4 Å². The quantitative estimate of drug-likeness (QED) is 0.135. The van der Waals surface area contributed by atoms with Gasteiger partial charge in [0.2, 0.25) is 0 Å². The molecule has 2 aromatic heterocycles. The first-order chi connectivity index (χ1) is 27.1. The third kappa shape index (κ3) is 9.28. The number of rotatable bonds is 9. The Morgan fingerprint density at radius 1 is 0.596 bits per heavy atom. The van der Waals surface area contributed by atoms with Crippen LogP contribution in [0, 0.1) is 19.1 Å². The molecule has 1 aliphatic carbocycles. The van der Waals surface area contributed by atoms with Gasteiger partial charge in [-0.05, 0) is 93.4 Å². The van der Waals surface area contributed by atoms with E-state index in [0.29, 0.717) is 5.41 Å². The summed E-state index contributed by atoms with van der Waals surface area (Å²) in [6.07, 6.45) is 12.4. The molecule has 3 heteroatoms. The molecule has 57 heavy (non-hydrogen) atoms. The third-order valence-electron chi connectivity index (χ3n) is 11.9. The molecule has 0 saturated heterocycles. The maximum absolute atomic E-state index is 4.76. The van der Waals surface area contributed by atoms with E-state index in [0.717, 1.165) is 40.9 Å². The summed E-state index contributed by atoms with van der Waals surface area (Å²) in [6.45, 7) is 11.3. The fourth-order valence-electron chi connectivity index (χ4n) is 8.40. The topological polar surface area (TPSA) is 25.8 Å². The number of aryl methyl sites for hydroxylation is 3. The summed E-state index contributed by atoms with van der Waals surface area (Å²) in [6, 6.07) is 53.6. The molecule has 1 aliphatic rings. The van der Waals surface area contributed by atoms with Crippen molar-refractivity contribution in [3.05, 3.63) is 180 Å². The van der Waals surface area contributed by atoms with E-state index >= 15 is 0 Å². The van der Waals surface area contributed by atoms with Crippen molar-refractivity contribution in [3.63, 3.8) is 0 Å². The first-order valence-electron chi connectivity index (χ1n) is 20.4. The van der Waals surface area contributed by atoms with E-state index in [1.807, 2.05) is 12.4 Å². The minimum absolute atomic E-state index is 0. The molecule has 1 fully saturated rings. The van der Waals surface area contributed by atoms with Crippen molar-refractivity contribution >= 4 is 0 Å². The molecular formula is C54H52IrN2-2. The van der Waals surface area contributed by atoms with E-state index < -0.39 is 0 Å². The Balaban J connectivity index is 0.00000496. The molecule has 289 valence electrons. The molecule has 7 aromatic rings. The number of nitrogens with zero attached hydrogens (tertiary/aromatic N) is 2. The van der Waals surface area contributed by atoms with Gasteiger partial charge >= 0.3 is 0 Å². The summed E-state index contributed by atoms with van der Waals surface area (Å²) in [4.78, 5) is 9.48. The van der Waals surface area contributed by atoms with Crippen LogP contribution in [0.3, 0.4) is 0 Å². The molecule has 1 saturated carbocycles. The normalized spacial score (nSPS) is 13.8. The van der Waals surface area contributed by atoms with Gasteiger partial charge in [-0.15, -0.1) is 65.2 Å². The molecule has 5 aromatic carbocycles. The van der Waals surface area contributed by atoms with E-state index in [1.165, 1.54) is 87.7 Å². The third-order valence-corrected chi connectivity index (χ3v) is 11.9. The van der Waals surface area contributed by atoms with Gasteiger partial charge in [-0.2, -0.15) is 0 Å². The van der Waals surface area contributed by atoms with Crippen LogP contribution in [0.5, 0.6) is 0 Å². The summed E-state index contributed by atoms with van der Waals surface area (Å²) in [5.41, 5.74) is 18.2. The first kappa shape index (κ1) is 40.3.